The van der Waals surface area contributed by atoms with Crippen molar-refractivity contribution >= 4 is 23.0 Å². The Balaban J connectivity index is 1.65. The Morgan fingerprint density at radius 3 is 2.77 bits per heavy atom. The molecule has 160 valence electrons. The van der Waals surface area contributed by atoms with Crippen LogP contribution in [0.1, 0.15) is 25.3 Å². The van der Waals surface area contributed by atoms with Crippen molar-refractivity contribution in [2.45, 2.75) is 26.2 Å². The van der Waals surface area contributed by atoms with Crippen LogP contribution in [-0.4, -0.2) is 34.3 Å². The van der Waals surface area contributed by atoms with Crippen LogP contribution in [0.15, 0.2) is 52.9 Å². The normalized spacial score (nSPS) is 11.0. The molecule has 1 N–H and O–H groups in total. The first-order valence-electron chi connectivity index (χ1n) is 10.1. The van der Waals surface area contributed by atoms with Crippen LogP contribution >= 0.6 is 11.3 Å². The number of benzene rings is 1. The number of aromatic amines is 1. The highest BCUT2D eigenvalue weighted by Crippen LogP contribution is 2.45. The number of nitrogens with zero attached hydrogens (tertiary/aromatic N) is 2. The van der Waals surface area contributed by atoms with E-state index < -0.39 is 0 Å². The van der Waals surface area contributed by atoms with Gasteiger partial charge in [-0.25, -0.2) is 9.50 Å². The lowest BCUT2D eigenvalue weighted by molar-refractivity contribution is -0.143. The minimum Gasteiger partial charge on any atom is -0.495 e. The summed E-state index contributed by atoms with van der Waals surface area (Å²) in [6, 6.07) is 10.0. The maximum absolute atomic E-state index is 12.9. The first-order chi connectivity index (χ1) is 15.1. The summed E-state index contributed by atoms with van der Waals surface area (Å²) in [6.45, 7) is 2.13. The molecule has 0 radical (unpaired) electrons. The predicted octanol–water partition coefficient (Wildman–Crippen LogP) is 4.31. The number of fused-ring (bicyclic) bond motifs is 1. The Hall–Kier alpha value is -3.39. The molecule has 0 atom stereocenters. The smallest absolute Gasteiger partial charge is 0.305 e. The van der Waals surface area contributed by atoms with Crippen LogP contribution in [0, 0.1) is 0 Å². The topological polar surface area (TPSA) is 85.7 Å². The maximum atomic E-state index is 12.9. The SMILES string of the molecule is CCOC(=O)CCCc1cnc2c(-c3scc(-c4ccccc4)c3OC)c[nH]n2c1=O. The van der Waals surface area contributed by atoms with Crippen LogP contribution in [0.4, 0.5) is 0 Å². The van der Waals surface area contributed by atoms with E-state index in [-0.39, 0.29) is 17.9 Å². The van der Waals surface area contributed by atoms with E-state index in [4.69, 9.17) is 9.47 Å². The molecule has 3 heterocycles. The minimum absolute atomic E-state index is 0.168. The average molecular weight is 438 g/mol. The summed E-state index contributed by atoms with van der Waals surface area (Å²) in [5.74, 6) is 0.503. The predicted molar refractivity (Wildman–Crippen MR) is 121 cm³/mol. The fourth-order valence-corrected chi connectivity index (χ4v) is 4.60. The lowest BCUT2D eigenvalue weighted by atomic mass is 10.1. The second-order valence-electron chi connectivity index (χ2n) is 6.97. The van der Waals surface area contributed by atoms with Gasteiger partial charge in [0.2, 0.25) is 0 Å². The molecule has 0 saturated carbocycles. The molecule has 4 aromatic rings. The summed E-state index contributed by atoms with van der Waals surface area (Å²) in [5.41, 5.74) is 3.80. The largest absolute Gasteiger partial charge is 0.495 e. The molecule has 31 heavy (non-hydrogen) atoms. The first-order valence-corrected chi connectivity index (χ1v) is 11.0. The number of carbonyl (C=O) groups is 1. The molecule has 8 heteroatoms. The van der Waals surface area contributed by atoms with Crippen molar-refractivity contribution in [3.63, 3.8) is 0 Å². The van der Waals surface area contributed by atoms with E-state index in [1.54, 1.807) is 37.8 Å². The number of aryl methyl sites for hydroxylation is 1. The summed E-state index contributed by atoms with van der Waals surface area (Å²) in [6.07, 6.45) is 4.64. The Morgan fingerprint density at radius 1 is 1.23 bits per heavy atom. The number of hydrogen-bond acceptors (Lipinski definition) is 6. The molecule has 0 bridgehead atoms. The van der Waals surface area contributed by atoms with E-state index in [9.17, 15) is 9.59 Å². The van der Waals surface area contributed by atoms with Gasteiger partial charge < -0.3 is 9.47 Å². The van der Waals surface area contributed by atoms with Gasteiger partial charge in [0.15, 0.2) is 5.65 Å². The molecule has 0 amide bonds. The van der Waals surface area contributed by atoms with Crippen LogP contribution in [0.2, 0.25) is 0 Å². The van der Waals surface area contributed by atoms with Crippen LogP contribution in [-0.2, 0) is 16.0 Å². The van der Waals surface area contributed by atoms with Gasteiger partial charge in [0, 0.05) is 35.3 Å². The summed E-state index contributed by atoms with van der Waals surface area (Å²) in [4.78, 5) is 29.9. The van der Waals surface area contributed by atoms with Gasteiger partial charge >= 0.3 is 5.97 Å². The third-order valence-electron chi connectivity index (χ3n) is 5.02. The fourth-order valence-electron chi connectivity index (χ4n) is 3.54. The zero-order valence-corrected chi connectivity index (χ0v) is 18.2. The number of nitrogens with one attached hydrogen (secondary N) is 1. The second-order valence-corrected chi connectivity index (χ2v) is 7.85. The molecule has 0 spiro atoms. The van der Waals surface area contributed by atoms with E-state index in [0.717, 1.165) is 27.3 Å². The number of H-pyrrole nitrogens is 1. The Labute approximate surface area is 183 Å². The van der Waals surface area contributed by atoms with Crippen molar-refractivity contribution in [2.24, 2.45) is 0 Å². The monoisotopic (exact) mass is 437 g/mol. The third-order valence-corrected chi connectivity index (χ3v) is 6.02. The van der Waals surface area contributed by atoms with Crippen LogP contribution in [0.5, 0.6) is 5.75 Å². The van der Waals surface area contributed by atoms with Gasteiger partial charge in [-0.2, -0.15) is 0 Å². The molecule has 3 aromatic heterocycles. The summed E-state index contributed by atoms with van der Waals surface area (Å²) < 4.78 is 12.1. The maximum Gasteiger partial charge on any atom is 0.305 e. The molecule has 0 aliphatic heterocycles. The van der Waals surface area contributed by atoms with Gasteiger partial charge in [0.05, 0.1) is 24.2 Å². The molecular weight excluding hydrogens is 414 g/mol. The van der Waals surface area contributed by atoms with Crippen LogP contribution in [0.25, 0.3) is 27.2 Å². The Kier molecular flexibility index (Phi) is 6.18. The second kappa shape index (κ2) is 9.18. The summed E-state index contributed by atoms with van der Waals surface area (Å²) in [5, 5.41) is 5.07. The summed E-state index contributed by atoms with van der Waals surface area (Å²) >= 11 is 1.55. The first kappa shape index (κ1) is 20.9. The average Bonchev–Trinajstić information content (AvgIpc) is 3.40. The van der Waals surface area contributed by atoms with Crippen LogP contribution < -0.4 is 10.3 Å². The number of ether oxygens (including phenoxy) is 2. The zero-order chi connectivity index (χ0) is 21.8. The molecule has 0 saturated heterocycles. The quantitative estimate of drug-likeness (QED) is 0.415. The minimum atomic E-state index is -0.252. The van der Waals surface area contributed by atoms with Gasteiger partial charge in [0.1, 0.15) is 5.75 Å². The number of rotatable bonds is 8. The van der Waals surface area contributed by atoms with Crippen molar-refractivity contribution in [3.05, 3.63) is 64.0 Å². The highest BCUT2D eigenvalue weighted by atomic mass is 32.1. The fraction of sp³-hybridized carbons (Fsp3) is 0.261. The molecule has 7 nitrogen and oxygen atoms in total. The van der Waals surface area contributed by atoms with E-state index in [1.165, 1.54) is 4.52 Å². The van der Waals surface area contributed by atoms with Crippen LogP contribution in [0.3, 0.4) is 0 Å². The number of hydrogen-bond donors (Lipinski definition) is 1. The number of aromatic nitrogens is 3. The zero-order valence-electron chi connectivity index (χ0n) is 17.4. The molecule has 0 unspecified atom stereocenters. The Bertz CT molecular complexity index is 1260. The van der Waals surface area contributed by atoms with E-state index in [0.29, 0.717) is 30.7 Å². The number of thiophene rings is 1. The highest BCUT2D eigenvalue weighted by molar-refractivity contribution is 7.14. The van der Waals surface area contributed by atoms with Crippen molar-refractivity contribution in [1.82, 2.24) is 14.6 Å². The third kappa shape index (κ3) is 4.11. The van der Waals surface area contributed by atoms with Crippen molar-refractivity contribution < 1.29 is 14.3 Å². The van der Waals surface area contributed by atoms with E-state index in [2.05, 4.69) is 15.5 Å². The van der Waals surface area contributed by atoms with Gasteiger partial charge in [-0.3, -0.25) is 14.7 Å². The lowest BCUT2D eigenvalue weighted by Crippen LogP contribution is -2.20. The van der Waals surface area contributed by atoms with Crippen molar-refractivity contribution in [2.75, 3.05) is 13.7 Å². The van der Waals surface area contributed by atoms with E-state index in [1.807, 2.05) is 30.3 Å². The number of esters is 1. The molecular formula is C23H23N3O4S. The Morgan fingerprint density at radius 2 is 2.03 bits per heavy atom. The highest BCUT2D eigenvalue weighted by Gasteiger charge is 2.20. The molecule has 1 aromatic carbocycles. The summed E-state index contributed by atoms with van der Waals surface area (Å²) in [7, 11) is 1.65. The molecule has 4 rings (SSSR count). The van der Waals surface area contributed by atoms with Crippen molar-refractivity contribution in [1.29, 1.82) is 0 Å². The van der Waals surface area contributed by atoms with Gasteiger partial charge in [0.25, 0.3) is 5.56 Å². The van der Waals surface area contributed by atoms with Gasteiger partial charge in [-0.1, -0.05) is 30.3 Å². The van der Waals surface area contributed by atoms with E-state index >= 15 is 0 Å². The molecule has 0 aliphatic rings. The van der Waals surface area contributed by atoms with Crippen molar-refractivity contribution in [3.8, 4) is 27.3 Å². The lowest BCUT2D eigenvalue weighted by Gasteiger charge is -2.06. The standard InChI is InChI=1S/C23H23N3O4S/c1-3-30-19(27)11-7-10-16-12-24-22-17(13-25-26(22)23(16)28)21-20(29-2)18(14-31-21)15-8-5-4-6-9-15/h4-6,8-9,12-14,25H,3,7,10-11H2,1-2H3. The molecule has 0 aliphatic carbocycles. The van der Waals surface area contributed by atoms with Gasteiger partial charge in [-0.15, -0.1) is 11.3 Å². The number of methoxy groups -OCH3 is 1. The molecule has 0 fully saturated rings. The van der Waals surface area contributed by atoms with Gasteiger partial charge in [-0.05, 0) is 25.3 Å². The number of carbonyl (C=O) groups excluding carboxylic acids is 1.